The molecule has 0 heterocycles. The van der Waals surface area contributed by atoms with Gasteiger partial charge in [0.25, 0.3) is 0 Å². The normalized spacial score (nSPS) is 12.8. The quantitative estimate of drug-likeness (QED) is 0.727. The van der Waals surface area contributed by atoms with Crippen LogP contribution in [0.3, 0.4) is 0 Å². The molecule has 0 aliphatic rings. The molecule has 1 unspecified atom stereocenters. The first-order valence-electron chi connectivity index (χ1n) is 4.53. The van der Waals surface area contributed by atoms with Crippen molar-refractivity contribution in [2.75, 3.05) is 14.1 Å². The second-order valence-electron chi connectivity index (χ2n) is 3.54. The van der Waals surface area contributed by atoms with Gasteiger partial charge in [0.05, 0.1) is 6.04 Å². The lowest BCUT2D eigenvalue weighted by Gasteiger charge is -2.18. The molecular weight excluding hydrogens is 178 g/mol. The maximum atomic E-state index is 10.7. The van der Waals surface area contributed by atoms with Crippen LogP contribution in [0, 0.1) is 0 Å². The molecular formula is C11H15NO2. The van der Waals surface area contributed by atoms with Gasteiger partial charge >= 0.3 is 0 Å². The summed E-state index contributed by atoms with van der Waals surface area (Å²) in [5, 5.41) is 9.08. The zero-order valence-electron chi connectivity index (χ0n) is 8.47. The summed E-state index contributed by atoms with van der Waals surface area (Å²) in [5.74, 6) is 0.251. The van der Waals surface area contributed by atoms with E-state index >= 15 is 0 Å². The SMILES string of the molecule is CN(C)C(C=O)Cc1ccc(O)cc1. The molecule has 3 heteroatoms. The fraction of sp³-hybridized carbons (Fsp3) is 0.364. The summed E-state index contributed by atoms with van der Waals surface area (Å²) in [4.78, 5) is 12.6. The third-order valence-corrected chi connectivity index (χ3v) is 2.20. The topological polar surface area (TPSA) is 40.5 Å². The minimum absolute atomic E-state index is 0.0976. The summed E-state index contributed by atoms with van der Waals surface area (Å²) in [5.41, 5.74) is 1.05. The van der Waals surface area contributed by atoms with Gasteiger partial charge in [-0.05, 0) is 38.2 Å². The van der Waals surface area contributed by atoms with E-state index in [1.807, 2.05) is 31.1 Å². The first kappa shape index (κ1) is 10.7. The summed E-state index contributed by atoms with van der Waals surface area (Å²) in [6, 6.07) is 6.82. The molecule has 0 aliphatic carbocycles. The molecule has 0 saturated heterocycles. The molecule has 76 valence electrons. The Morgan fingerprint density at radius 2 is 1.93 bits per heavy atom. The summed E-state index contributed by atoms with van der Waals surface area (Å²) < 4.78 is 0. The van der Waals surface area contributed by atoms with Gasteiger partial charge in [0.2, 0.25) is 0 Å². The van der Waals surface area contributed by atoms with Crippen LogP contribution in [0.4, 0.5) is 0 Å². The highest BCUT2D eigenvalue weighted by atomic mass is 16.3. The molecule has 1 atom stereocenters. The predicted octanol–water partition coefficient (Wildman–Crippen LogP) is 1.06. The first-order valence-corrected chi connectivity index (χ1v) is 4.53. The Morgan fingerprint density at radius 3 is 2.36 bits per heavy atom. The van der Waals surface area contributed by atoms with Gasteiger partial charge in [-0.1, -0.05) is 12.1 Å². The minimum atomic E-state index is -0.0976. The number of carbonyl (C=O) groups is 1. The molecule has 1 aromatic rings. The van der Waals surface area contributed by atoms with Crippen molar-refractivity contribution >= 4 is 6.29 Å². The standard InChI is InChI=1S/C11H15NO2/c1-12(2)10(8-13)7-9-3-5-11(14)6-4-9/h3-6,8,10,14H,7H2,1-2H3. The summed E-state index contributed by atoms with van der Waals surface area (Å²) in [6.45, 7) is 0. The van der Waals surface area contributed by atoms with E-state index in [0.29, 0.717) is 6.42 Å². The van der Waals surface area contributed by atoms with Gasteiger partial charge in [-0.25, -0.2) is 0 Å². The number of phenols is 1. The van der Waals surface area contributed by atoms with Crippen molar-refractivity contribution in [1.29, 1.82) is 0 Å². The van der Waals surface area contributed by atoms with Crippen LogP contribution in [0.2, 0.25) is 0 Å². The van der Waals surface area contributed by atoms with Crippen molar-refractivity contribution in [3.63, 3.8) is 0 Å². The number of aldehydes is 1. The van der Waals surface area contributed by atoms with Crippen LogP contribution in [0.5, 0.6) is 5.75 Å². The molecule has 0 amide bonds. The average Bonchev–Trinajstić information content (AvgIpc) is 2.16. The van der Waals surface area contributed by atoms with Gasteiger partial charge in [-0.15, -0.1) is 0 Å². The molecule has 0 bridgehead atoms. The predicted molar refractivity (Wildman–Crippen MR) is 55.3 cm³/mol. The molecule has 0 spiro atoms. The lowest BCUT2D eigenvalue weighted by molar-refractivity contribution is -0.111. The van der Waals surface area contributed by atoms with E-state index in [0.717, 1.165) is 11.8 Å². The summed E-state index contributed by atoms with van der Waals surface area (Å²) in [7, 11) is 3.75. The van der Waals surface area contributed by atoms with Crippen molar-refractivity contribution < 1.29 is 9.90 Å². The zero-order chi connectivity index (χ0) is 10.6. The van der Waals surface area contributed by atoms with E-state index < -0.39 is 0 Å². The molecule has 1 aromatic carbocycles. The lowest BCUT2D eigenvalue weighted by Crippen LogP contribution is -2.31. The van der Waals surface area contributed by atoms with E-state index in [-0.39, 0.29) is 11.8 Å². The highest BCUT2D eigenvalue weighted by Gasteiger charge is 2.10. The van der Waals surface area contributed by atoms with Gasteiger partial charge in [-0.3, -0.25) is 4.90 Å². The van der Waals surface area contributed by atoms with Crippen LogP contribution in [0.15, 0.2) is 24.3 Å². The Balaban J connectivity index is 2.67. The Kier molecular flexibility index (Phi) is 3.65. The molecule has 0 fully saturated rings. The fourth-order valence-electron chi connectivity index (χ4n) is 1.23. The van der Waals surface area contributed by atoms with E-state index in [9.17, 15) is 4.79 Å². The molecule has 0 saturated carbocycles. The largest absolute Gasteiger partial charge is 0.508 e. The van der Waals surface area contributed by atoms with Gasteiger partial charge < -0.3 is 9.90 Å². The number of carbonyl (C=O) groups excluding carboxylic acids is 1. The second kappa shape index (κ2) is 4.77. The van der Waals surface area contributed by atoms with Crippen LogP contribution in [-0.2, 0) is 11.2 Å². The Labute approximate surface area is 84.0 Å². The van der Waals surface area contributed by atoms with Crippen molar-refractivity contribution in [3.05, 3.63) is 29.8 Å². The van der Waals surface area contributed by atoms with E-state index in [2.05, 4.69) is 0 Å². The molecule has 0 aliphatic heterocycles. The Morgan fingerprint density at radius 1 is 1.36 bits per heavy atom. The van der Waals surface area contributed by atoms with Gasteiger partial charge in [0.1, 0.15) is 12.0 Å². The average molecular weight is 193 g/mol. The number of benzene rings is 1. The number of aromatic hydroxyl groups is 1. The molecule has 1 N–H and O–H groups in total. The van der Waals surface area contributed by atoms with E-state index in [1.54, 1.807) is 12.1 Å². The fourth-order valence-corrected chi connectivity index (χ4v) is 1.23. The smallest absolute Gasteiger partial charge is 0.137 e. The lowest BCUT2D eigenvalue weighted by atomic mass is 10.1. The number of hydrogen-bond acceptors (Lipinski definition) is 3. The number of rotatable bonds is 4. The summed E-state index contributed by atoms with van der Waals surface area (Å²) >= 11 is 0. The minimum Gasteiger partial charge on any atom is -0.508 e. The Hall–Kier alpha value is -1.35. The molecule has 0 radical (unpaired) electrons. The monoisotopic (exact) mass is 193 g/mol. The molecule has 3 nitrogen and oxygen atoms in total. The zero-order valence-corrected chi connectivity index (χ0v) is 8.47. The first-order chi connectivity index (χ1) is 6.63. The van der Waals surface area contributed by atoms with Crippen LogP contribution < -0.4 is 0 Å². The maximum absolute atomic E-state index is 10.7. The molecule has 14 heavy (non-hydrogen) atoms. The number of nitrogens with zero attached hydrogens (tertiary/aromatic N) is 1. The van der Waals surface area contributed by atoms with Crippen LogP contribution >= 0.6 is 0 Å². The third-order valence-electron chi connectivity index (χ3n) is 2.20. The van der Waals surface area contributed by atoms with Gasteiger partial charge in [0.15, 0.2) is 0 Å². The van der Waals surface area contributed by atoms with Crippen molar-refractivity contribution in [2.24, 2.45) is 0 Å². The van der Waals surface area contributed by atoms with Gasteiger partial charge in [-0.2, -0.15) is 0 Å². The van der Waals surface area contributed by atoms with E-state index in [1.165, 1.54) is 0 Å². The number of hydrogen-bond donors (Lipinski definition) is 1. The van der Waals surface area contributed by atoms with E-state index in [4.69, 9.17) is 5.11 Å². The van der Waals surface area contributed by atoms with Crippen LogP contribution in [-0.4, -0.2) is 36.4 Å². The van der Waals surface area contributed by atoms with Crippen molar-refractivity contribution in [1.82, 2.24) is 4.90 Å². The van der Waals surface area contributed by atoms with Crippen molar-refractivity contribution in [2.45, 2.75) is 12.5 Å². The van der Waals surface area contributed by atoms with Crippen LogP contribution in [0.1, 0.15) is 5.56 Å². The number of phenolic OH excluding ortho intramolecular Hbond substituents is 1. The highest BCUT2D eigenvalue weighted by molar-refractivity contribution is 5.58. The van der Waals surface area contributed by atoms with Crippen molar-refractivity contribution in [3.8, 4) is 5.75 Å². The third kappa shape index (κ3) is 2.85. The maximum Gasteiger partial charge on any atom is 0.137 e. The highest BCUT2D eigenvalue weighted by Crippen LogP contribution is 2.11. The Bertz CT molecular complexity index is 293. The number of likely N-dealkylation sites (N-methyl/N-ethyl adjacent to an activating group) is 1. The molecule has 1 rings (SSSR count). The van der Waals surface area contributed by atoms with Crippen LogP contribution in [0.25, 0.3) is 0 Å². The summed E-state index contributed by atoms with van der Waals surface area (Å²) in [6.07, 6.45) is 1.61. The van der Waals surface area contributed by atoms with Gasteiger partial charge in [0, 0.05) is 0 Å². The second-order valence-corrected chi connectivity index (χ2v) is 3.54. The molecule has 0 aromatic heterocycles.